The van der Waals surface area contributed by atoms with E-state index in [1.54, 1.807) is 0 Å². The van der Waals surface area contributed by atoms with Crippen LogP contribution >= 0.6 is 0 Å². The number of carbonyl (C=O) groups excluding carboxylic acids is 2. The molecule has 0 aliphatic heterocycles. The standard InChI is InChI=1S/C8H7F6NO3/c1-3(2)4(16)15-6(17)18-7(11,5(9)10)8(12,13)14/h5H,1H2,2H3,(H,15,16,17). The summed E-state index contributed by atoms with van der Waals surface area (Å²) in [5.74, 6) is -6.79. The van der Waals surface area contributed by atoms with Crippen LogP contribution in [0.15, 0.2) is 12.2 Å². The van der Waals surface area contributed by atoms with E-state index in [0.29, 0.717) is 0 Å². The van der Waals surface area contributed by atoms with Crippen molar-refractivity contribution >= 4 is 12.0 Å². The van der Waals surface area contributed by atoms with Crippen molar-refractivity contribution in [2.45, 2.75) is 25.4 Å². The van der Waals surface area contributed by atoms with E-state index in [4.69, 9.17) is 0 Å². The van der Waals surface area contributed by atoms with Gasteiger partial charge in [-0.2, -0.15) is 17.6 Å². The van der Waals surface area contributed by atoms with Gasteiger partial charge in [-0.1, -0.05) is 6.58 Å². The number of halogens is 6. The molecule has 0 rings (SSSR count). The highest BCUT2D eigenvalue weighted by molar-refractivity contribution is 6.01. The molecule has 2 amide bonds. The molecular weight excluding hydrogens is 272 g/mol. The Morgan fingerprint density at radius 1 is 1.22 bits per heavy atom. The van der Waals surface area contributed by atoms with E-state index >= 15 is 0 Å². The minimum atomic E-state index is -6.15. The highest BCUT2D eigenvalue weighted by atomic mass is 19.4. The molecule has 0 bridgehead atoms. The normalized spacial score (nSPS) is 14.9. The summed E-state index contributed by atoms with van der Waals surface area (Å²) in [6.45, 7) is 4.08. The summed E-state index contributed by atoms with van der Waals surface area (Å²) >= 11 is 0. The first-order chi connectivity index (χ1) is 7.91. The fourth-order valence-corrected chi connectivity index (χ4v) is 0.586. The number of amides is 2. The van der Waals surface area contributed by atoms with Crippen molar-refractivity contribution in [2.24, 2.45) is 0 Å². The van der Waals surface area contributed by atoms with Crippen LogP contribution < -0.4 is 5.32 Å². The van der Waals surface area contributed by atoms with Crippen LogP contribution in [0.1, 0.15) is 6.92 Å². The van der Waals surface area contributed by atoms with Crippen molar-refractivity contribution in [3.05, 3.63) is 12.2 Å². The molecule has 0 aliphatic carbocycles. The third-order valence-corrected chi connectivity index (χ3v) is 1.51. The van der Waals surface area contributed by atoms with Gasteiger partial charge in [0.15, 0.2) is 0 Å². The molecule has 0 aromatic heterocycles. The smallest absolute Gasteiger partial charge is 0.398 e. The van der Waals surface area contributed by atoms with Crippen molar-refractivity contribution in [3.8, 4) is 0 Å². The Bertz CT molecular complexity index is 366. The predicted molar refractivity (Wildman–Crippen MR) is 45.3 cm³/mol. The van der Waals surface area contributed by atoms with E-state index in [-0.39, 0.29) is 5.57 Å². The number of carbonyl (C=O) groups is 2. The highest BCUT2D eigenvalue weighted by Crippen LogP contribution is 2.39. The quantitative estimate of drug-likeness (QED) is 0.637. The number of ether oxygens (including phenoxy) is 1. The van der Waals surface area contributed by atoms with Gasteiger partial charge in [0, 0.05) is 5.57 Å². The molecule has 0 aliphatic rings. The van der Waals surface area contributed by atoms with Crippen LogP contribution in [0.3, 0.4) is 0 Å². The van der Waals surface area contributed by atoms with Gasteiger partial charge in [-0.25, -0.2) is 13.6 Å². The third kappa shape index (κ3) is 3.64. The summed E-state index contributed by atoms with van der Waals surface area (Å²) in [7, 11) is 0. The number of rotatable bonds is 3. The molecular formula is C8H7F6NO3. The van der Waals surface area contributed by atoms with Gasteiger partial charge in [-0.3, -0.25) is 10.1 Å². The van der Waals surface area contributed by atoms with Crippen LogP contribution in [0.5, 0.6) is 0 Å². The molecule has 0 radical (unpaired) electrons. The SMILES string of the molecule is C=C(C)C(=O)NC(=O)OC(F)(C(F)F)C(F)(F)F. The summed E-state index contributed by atoms with van der Waals surface area (Å²) in [6.07, 6.45) is -13.1. The maximum Gasteiger partial charge on any atom is 0.466 e. The number of imide groups is 1. The number of nitrogens with one attached hydrogen (secondary N) is 1. The molecule has 0 aromatic carbocycles. The Morgan fingerprint density at radius 2 is 1.67 bits per heavy atom. The first kappa shape index (κ1) is 16.3. The van der Waals surface area contributed by atoms with Crippen LogP contribution in [0.25, 0.3) is 0 Å². The van der Waals surface area contributed by atoms with Crippen LogP contribution in [0.4, 0.5) is 31.1 Å². The van der Waals surface area contributed by atoms with Gasteiger partial charge in [-0.05, 0) is 6.92 Å². The highest BCUT2D eigenvalue weighted by Gasteiger charge is 2.67. The van der Waals surface area contributed by atoms with Gasteiger partial charge >= 0.3 is 24.5 Å². The largest absolute Gasteiger partial charge is 0.466 e. The van der Waals surface area contributed by atoms with Gasteiger partial charge in [-0.15, -0.1) is 0 Å². The average Bonchev–Trinajstić information content (AvgIpc) is 2.14. The lowest BCUT2D eigenvalue weighted by atomic mass is 10.3. The summed E-state index contributed by atoms with van der Waals surface area (Å²) < 4.78 is 75.5. The van der Waals surface area contributed by atoms with Crippen molar-refractivity contribution in [3.63, 3.8) is 0 Å². The van der Waals surface area contributed by atoms with Crippen LogP contribution in [0, 0.1) is 0 Å². The fraction of sp³-hybridized carbons (Fsp3) is 0.500. The first-order valence-electron chi connectivity index (χ1n) is 4.15. The zero-order chi connectivity index (χ0) is 14.7. The molecule has 0 fully saturated rings. The van der Waals surface area contributed by atoms with Crippen molar-refractivity contribution in [1.29, 1.82) is 0 Å². The topological polar surface area (TPSA) is 55.4 Å². The van der Waals surface area contributed by atoms with Crippen molar-refractivity contribution in [1.82, 2.24) is 5.32 Å². The Hall–Kier alpha value is -1.74. The van der Waals surface area contributed by atoms with E-state index < -0.39 is 30.5 Å². The van der Waals surface area contributed by atoms with Crippen molar-refractivity contribution in [2.75, 3.05) is 0 Å². The Labute approximate surface area is 96.6 Å². The third-order valence-electron chi connectivity index (χ3n) is 1.51. The molecule has 0 heterocycles. The lowest BCUT2D eigenvalue weighted by Crippen LogP contribution is -2.53. The number of hydrogen-bond donors (Lipinski definition) is 1. The van der Waals surface area contributed by atoms with Crippen molar-refractivity contribution < 1.29 is 40.7 Å². The number of alkyl carbamates (subject to hydrolysis) is 1. The van der Waals surface area contributed by atoms with Crippen LogP contribution in [0.2, 0.25) is 0 Å². The lowest BCUT2D eigenvalue weighted by molar-refractivity contribution is -0.349. The Balaban J connectivity index is 4.88. The second-order valence-electron chi connectivity index (χ2n) is 3.07. The van der Waals surface area contributed by atoms with Gasteiger partial charge in [0.25, 0.3) is 5.91 Å². The zero-order valence-electron chi connectivity index (χ0n) is 8.78. The minimum absolute atomic E-state index is 0.319. The maximum absolute atomic E-state index is 12.8. The number of hydrogen-bond acceptors (Lipinski definition) is 3. The molecule has 0 saturated heterocycles. The van der Waals surface area contributed by atoms with Gasteiger partial charge in [0.2, 0.25) is 0 Å². The van der Waals surface area contributed by atoms with Crippen LogP contribution in [-0.4, -0.2) is 30.5 Å². The van der Waals surface area contributed by atoms with E-state index in [0.717, 1.165) is 12.2 Å². The summed E-state index contributed by atoms with van der Waals surface area (Å²) in [5.41, 5.74) is -0.319. The van der Waals surface area contributed by atoms with E-state index in [1.807, 2.05) is 0 Å². The monoisotopic (exact) mass is 279 g/mol. The zero-order valence-corrected chi connectivity index (χ0v) is 8.78. The molecule has 1 unspecified atom stereocenters. The maximum atomic E-state index is 12.8. The molecule has 104 valence electrons. The lowest BCUT2D eigenvalue weighted by Gasteiger charge is -2.26. The molecule has 0 spiro atoms. The molecule has 0 saturated carbocycles. The van der Waals surface area contributed by atoms with E-state index in [2.05, 4.69) is 11.3 Å². The Kier molecular flexibility index (Phi) is 4.76. The minimum Gasteiger partial charge on any atom is -0.398 e. The Morgan fingerprint density at radius 3 is 1.94 bits per heavy atom. The van der Waals surface area contributed by atoms with Gasteiger partial charge < -0.3 is 4.74 Å². The fourth-order valence-electron chi connectivity index (χ4n) is 0.586. The van der Waals surface area contributed by atoms with Gasteiger partial charge in [0.1, 0.15) is 0 Å². The molecule has 1 atom stereocenters. The number of alkyl halides is 6. The van der Waals surface area contributed by atoms with Crippen LogP contribution in [-0.2, 0) is 9.53 Å². The summed E-state index contributed by atoms with van der Waals surface area (Å²) in [6, 6.07) is 0. The molecule has 0 aromatic rings. The first-order valence-corrected chi connectivity index (χ1v) is 4.15. The second-order valence-corrected chi connectivity index (χ2v) is 3.07. The predicted octanol–water partition coefficient (Wildman–Crippen LogP) is 2.31. The second kappa shape index (κ2) is 5.27. The summed E-state index contributed by atoms with van der Waals surface area (Å²) in [5, 5.41) is 1.09. The molecule has 18 heavy (non-hydrogen) atoms. The molecule has 4 nitrogen and oxygen atoms in total. The van der Waals surface area contributed by atoms with E-state index in [9.17, 15) is 35.9 Å². The van der Waals surface area contributed by atoms with E-state index in [1.165, 1.54) is 0 Å². The molecule has 10 heteroatoms. The summed E-state index contributed by atoms with van der Waals surface area (Å²) in [4.78, 5) is 21.4. The molecule has 1 N–H and O–H groups in total. The average molecular weight is 279 g/mol. The van der Waals surface area contributed by atoms with Gasteiger partial charge in [0.05, 0.1) is 0 Å².